The fourth-order valence-electron chi connectivity index (χ4n) is 1.40. The van der Waals surface area contributed by atoms with Gasteiger partial charge in [-0.25, -0.2) is 0 Å². The van der Waals surface area contributed by atoms with Crippen molar-refractivity contribution in [3.05, 3.63) is 23.3 Å². The molecule has 0 bridgehead atoms. The Labute approximate surface area is 83.1 Å². The average Bonchev–Trinajstić information content (AvgIpc) is 2.01. The van der Waals surface area contributed by atoms with Crippen LogP contribution in [-0.2, 0) is 10.8 Å². The first-order valence-electron chi connectivity index (χ1n) is 4.10. The molecule has 0 aromatic rings. The second-order valence-electron chi connectivity index (χ2n) is 3.27. The minimum absolute atomic E-state index is 0.209. The monoisotopic (exact) mass is 224 g/mol. The molecule has 2 atom stereocenters. The van der Waals surface area contributed by atoms with Crippen LogP contribution in [0.25, 0.3) is 0 Å². The first-order valence-corrected chi connectivity index (χ1v) is 5.72. The smallest absolute Gasteiger partial charge is 0.259 e. The van der Waals surface area contributed by atoms with Gasteiger partial charge in [0.2, 0.25) is 0 Å². The van der Waals surface area contributed by atoms with E-state index in [2.05, 4.69) is 0 Å². The van der Waals surface area contributed by atoms with E-state index in [0.717, 1.165) is 6.08 Å². The minimum Gasteiger partial charge on any atom is -0.259 e. The average molecular weight is 224 g/mol. The molecule has 80 valence electrons. The first-order chi connectivity index (χ1) is 6.32. The molecule has 0 fully saturated rings. The van der Waals surface area contributed by atoms with Crippen LogP contribution in [0.2, 0.25) is 0 Å². The topological polar surface area (TPSA) is 17.1 Å². The van der Waals surface area contributed by atoms with Gasteiger partial charge in [0, 0.05) is 22.6 Å². The molecule has 2 unspecified atom stereocenters. The summed E-state index contributed by atoms with van der Waals surface area (Å²) >= 11 is 0. The molecular formula is C9H11F3OS. The maximum atomic E-state index is 12.5. The van der Waals surface area contributed by atoms with Gasteiger partial charge < -0.3 is 0 Å². The summed E-state index contributed by atoms with van der Waals surface area (Å²) in [5, 5.41) is -0.904. The van der Waals surface area contributed by atoms with E-state index in [1.807, 2.05) is 0 Å². The molecule has 0 heterocycles. The minimum atomic E-state index is -4.37. The summed E-state index contributed by atoms with van der Waals surface area (Å²) in [5.74, 6) is 0. The number of rotatable bonds is 1. The number of allylic oxidation sites excluding steroid dienone is 3. The summed E-state index contributed by atoms with van der Waals surface area (Å²) in [6.07, 6.45) is -0.0955. The highest BCUT2D eigenvalue weighted by Crippen LogP contribution is 2.35. The van der Waals surface area contributed by atoms with Gasteiger partial charge >= 0.3 is 6.18 Å². The predicted octanol–water partition coefficient (Wildman–Crippen LogP) is 2.57. The van der Waals surface area contributed by atoms with Gasteiger partial charge in [-0.15, -0.1) is 0 Å². The molecule has 0 amide bonds. The molecule has 0 radical (unpaired) electrons. The number of hydrogen-bond donors (Lipinski definition) is 0. The van der Waals surface area contributed by atoms with Crippen LogP contribution in [0.4, 0.5) is 13.2 Å². The maximum Gasteiger partial charge on any atom is 0.413 e. The number of alkyl halides is 3. The lowest BCUT2D eigenvalue weighted by Gasteiger charge is -2.22. The second-order valence-corrected chi connectivity index (χ2v) is 4.83. The van der Waals surface area contributed by atoms with Gasteiger partial charge in [-0.2, -0.15) is 13.2 Å². The summed E-state index contributed by atoms with van der Waals surface area (Å²) in [6, 6.07) is 0. The van der Waals surface area contributed by atoms with Gasteiger partial charge in [0.25, 0.3) is 0 Å². The van der Waals surface area contributed by atoms with Crippen molar-refractivity contribution < 1.29 is 17.4 Å². The summed E-state index contributed by atoms with van der Waals surface area (Å²) < 4.78 is 48.6. The van der Waals surface area contributed by atoms with Crippen molar-refractivity contribution >= 4 is 10.8 Å². The molecule has 0 aliphatic heterocycles. The zero-order valence-electron chi connectivity index (χ0n) is 7.89. The number of halogens is 3. The van der Waals surface area contributed by atoms with Gasteiger partial charge in [-0.05, 0) is 13.3 Å². The lowest BCUT2D eigenvalue weighted by Crippen LogP contribution is -2.28. The Morgan fingerprint density at radius 1 is 1.50 bits per heavy atom. The third kappa shape index (κ3) is 2.47. The Morgan fingerprint density at radius 3 is 2.50 bits per heavy atom. The third-order valence-corrected chi connectivity index (χ3v) is 3.36. The maximum absolute atomic E-state index is 12.5. The Bertz CT molecular complexity index is 315. The molecule has 0 saturated carbocycles. The van der Waals surface area contributed by atoms with Crippen molar-refractivity contribution in [2.24, 2.45) is 0 Å². The molecule has 0 aromatic carbocycles. The van der Waals surface area contributed by atoms with E-state index in [1.54, 1.807) is 13.0 Å². The van der Waals surface area contributed by atoms with E-state index in [0.29, 0.717) is 5.57 Å². The SMILES string of the molecule is CC1=CCC(S(C)=O)C(C(F)(F)F)=C1. The Balaban J connectivity index is 3.06. The van der Waals surface area contributed by atoms with Gasteiger partial charge in [-0.3, -0.25) is 4.21 Å². The fraction of sp³-hybridized carbons (Fsp3) is 0.556. The van der Waals surface area contributed by atoms with E-state index in [1.165, 1.54) is 6.26 Å². The van der Waals surface area contributed by atoms with Crippen molar-refractivity contribution in [2.75, 3.05) is 6.26 Å². The van der Waals surface area contributed by atoms with Crippen LogP contribution in [0.15, 0.2) is 23.3 Å². The van der Waals surface area contributed by atoms with Gasteiger partial charge in [-0.1, -0.05) is 17.7 Å². The Morgan fingerprint density at radius 2 is 2.07 bits per heavy atom. The zero-order valence-corrected chi connectivity index (χ0v) is 8.71. The molecule has 1 aliphatic rings. The molecular weight excluding hydrogens is 213 g/mol. The molecule has 0 aromatic heterocycles. The van der Waals surface area contributed by atoms with Crippen LogP contribution in [0.3, 0.4) is 0 Å². The predicted molar refractivity (Wildman–Crippen MR) is 50.4 cm³/mol. The first kappa shape index (κ1) is 11.5. The molecule has 5 heteroatoms. The summed E-state index contributed by atoms with van der Waals surface area (Å²) in [4.78, 5) is 0. The van der Waals surface area contributed by atoms with Crippen LogP contribution < -0.4 is 0 Å². The van der Waals surface area contributed by atoms with Crippen molar-refractivity contribution in [1.29, 1.82) is 0 Å². The molecule has 1 nitrogen and oxygen atoms in total. The molecule has 1 aliphatic carbocycles. The zero-order chi connectivity index (χ0) is 10.9. The fourth-order valence-corrected chi connectivity index (χ4v) is 2.32. The van der Waals surface area contributed by atoms with Crippen molar-refractivity contribution in [3.8, 4) is 0 Å². The van der Waals surface area contributed by atoms with E-state index in [9.17, 15) is 17.4 Å². The van der Waals surface area contributed by atoms with E-state index in [4.69, 9.17) is 0 Å². The summed E-state index contributed by atoms with van der Waals surface area (Å²) in [6.45, 7) is 1.61. The van der Waals surface area contributed by atoms with Gasteiger partial charge in [0.05, 0.1) is 5.25 Å². The van der Waals surface area contributed by atoms with Gasteiger partial charge in [0.1, 0.15) is 0 Å². The van der Waals surface area contributed by atoms with Crippen molar-refractivity contribution in [2.45, 2.75) is 24.8 Å². The quantitative estimate of drug-likeness (QED) is 0.669. The number of hydrogen-bond acceptors (Lipinski definition) is 1. The van der Waals surface area contributed by atoms with Crippen LogP contribution in [0.1, 0.15) is 13.3 Å². The standard InChI is InChI=1S/C9H11F3OS/c1-6-3-4-8(14(2)13)7(5-6)9(10,11)12/h3,5,8H,4H2,1-2H3. The highest BCUT2D eigenvalue weighted by Gasteiger charge is 2.40. The van der Waals surface area contributed by atoms with E-state index in [-0.39, 0.29) is 6.42 Å². The van der Waals surface area contributed by atoms with E-state index < -0.39 is 27.8 Å². The normalized spacial score (nSPS) is 25.4. The van der Waals surface area contributed by atoms with E-state index >= 15 is 0 Å². The molecule has 1 rings (SSSR count). The summed E-state index contributed by atoms with van der Waals surface area (Å²) in [5.41, 5.74) is -0.0858. The lowest BCUT2D eigenvalue weighted by molar-refractivity contribution is -0.0935. The van der Waals surface area contributed by atoms with Crippen LogP contribution in [-0.4, -0.2) is 21.9 Å². The van der Waals surface area contributed by atoms with Crippen molar-refractivity contribution in [1.82, 2.24) is 0 Å². The van der Waals surface area contributed by atoms with Crippen molar-refractivity contribution in [3.63, 3.8) is 0 Å². The Hall–Kier alpha value is -0.580. The third-order valence-electron chi connectivity index (χ3n) is 2.11. The molecule has 0 saturated heterocycles. The summed E-state index contributed by atoms with van der Waals surface area (Å²) in [7, 11) is -1.48. The molecule has 0 spiro atoms. The highest BCUT2D eigenvalue weighted by molar-refractivity contribution is 7.85. The largest absolute Gasteiger partial charge is 0.413 e. The van der Waals surface area contributed by atoms with Crippen LogP contribution in [0.5, 0.6) is 0 Å². The lowest BCUT2D eigenvalue weighted by atomic mass is 9.99. The second kappa shape index (κ2) is 3.88. The molecule has 14 heavy (non-hydrogen) atoms. The Kier molecular flexibility index (Phi) is 3.19. The van der Waals surface area contributed by atoms with Crippen LogP contribution >= 0.6 is 0 Å². The highest BCUT2D eigenvalue weighted by atomic mass is 32.2. The molecule has 0 N–H and O–H groups in total. The van der Waals surface area contributed by atoms with Crippen LogP contribution in [0, 0.1) is 0 Å². The van der Waals surface area contributed by atoms with Gasteiger partial charge in [0.15, 0.2) is 0 Å².